The molecule has 3 aliphatic rings. The number of hydrogen-bond acceptors (Lipinski definition) is 7. The molecule has 2 aromatic rings. The lowest BCUT2D eigenvalue weighted by Crippen LogP contribution is -2.48. The SMILES string of the molecule is O=C1C(c2cccs2)=C(N2CCN(CCO)CC2)C(=O)N1c1ccc(N2CCCC2)cc1. The second kappa shape index (κ2) is 9.05. The van der Waals surface area contributed by atoms with Crippen LogP contribution in [-0.4, -0.2) is 79.1 Å². The van der Waals surface area contributed by atoms with E-state index >= 15 is 0 Å². The van der Waals surface area contributed by atoms with Gasteiger partial charge in [-0.2, -0.15) is 0 Å². The van der Waals surface area contributed by atoms with Crippen molar-refractivity contribution in [2.24, 2.45) is 0 Å². The first-order chi connectivity index (χ1) is 15.7. The van der Waals surface area contributed by atoms with Gasteiger partial charge in [0.15, 0.2) is 0 Å². The van der Waals surface area contributed by atoms with Gasteiger partial charge in [0, 0.05) is 56.4 Å². The van der Waals surface area contributed by atoms with E-state index in [1.165, 1.54) is 29.1 Å². The summed E-state index contributed by atoms with van der Waals surface area (Å²) in [6, 6.07) is 11.6. The Balaban J connectivity index is 1.44. The van der Waals surface area contributed by atoms with Crippen molar-refractivity contribution in [3.63, 3.8) is 0 Å². The highest BCUT2D eigenvalue weighted by Crippen LogP contribution is 2.37. The van der Waals surface area contributed by atoms with Gasteiger partial charge in [0.1, 0.15) is 5.70 Å². The minimum Gasteiger partial charge on any atom is -0.395 e. The molecule has 3 aliphatic heterocycles. The summed E-state index contributed by atoms with van der Waals surface area (Å²) in [5.74, 6) is -0.498. The number of thiophene rings is 1. The number of carbonyl (C=O) groups is 2. The van der Waals surface area contributed by atoms with Crippen molar-refractivity contribution in [3.8, 4) is 0 Å². The van der Waals surface area contributed by atoms with Crippen molar-refractivity contribution in [3.05, 3.63) is 52.4 Å². The zero-order valence-corrected chi connectivity index (χ0v) is 18.9. The summed E-state index contributed by atoms with van der Waals surface area (Å²) >= 11 is 1.48. The van der Waals surface area contributed by atoms with Crippen molar-refractivity contribution in [1.29, 1.82) is 0 Å². The van der Waals surface area contributed by atoms with Gasteiger partial charge in [0.2, 0.25) is 0 Å². The Hall–Kier alpha value is -2.68. The van der Waals surface area contributed by atoms with Gasteiger partial charge in [-0.1, -0.05) is 6.07 Å². The summed E-state index contributed by atoms with van der Waals surface area (Å²) in [6.07, 6.45) is 2.40. The van der Waals surface area contributed by atoms with Crippen LogP contribution < -0.4 is 9.80 Å². The fourth-order valence-corrected chi connectivity index (χ4v) is 5.58. The highest BCUT2D eigenvalue weighted by Gasteiger charge is 2.43. The number of aliphatic hydroxyl groups is 1. The Labute approximate surface area is 192 Å². The summed E-state index contributed by atoms with van der Waals surface area (Å²) in [6.45, 7) is 5.70. The third kappa shape index (κ3) is 3.83. The smallest absolute Gasteiger partial charge is 0.282 e. The standard InChI is InChI=1S/C24H28N4O3S/c29-16-15-25-11-13-27(14-12-25)22-21(20-4-3-17-32-20)23(30)28(24(22)31)19-7-5-18(6-8-19)26-9-1-2-10-26/h3-8,17,29H,1-2,9-16H2. The van der Waals surface area contributed by atoms with Gasteiger partial charge in [0.05, 0.1) is 17.9 Å². The molecule has 4 heterocycles. The van der Waals surface area contributed by atoms with Gasteiger partial charge < -0.3 is 14.9 Å². The predicted molar refractivity (Wildman–Crippen MR) is 127 cm³/mol. The average molecular weight is 453 g/mol. The van der Waals surface area contributed by atoms with E-state index in [4.69, 9.17) is 0 Å². The van der Waals surface area contributed by atoms with E-state index in [2.05, 4.69) is 9.80 Å². The number of imide groups is 1. The Kier molecular flexibility index (Phi) is 5.99. The summed E-state index contributed by atoms with van der Waals surface area (Å²) in [7, 11) is 0. The largest absolute Gasteiger partial charge is 0.395 e. The van der Waals surface area contributed by atoms with Crippen LogP contribution >= 0.6 is 11.3 Å². The van der Waals surface area contributed by atoms with E-state index in [1.54, 1.807) is 0 Å². The predicted octanol–water partition coefficient (Wildman–Crippen LogP) is 2.24. The molecule has 0 aliphatic carbocycles. The molecule has 0 radical (unpaired) electrons. The van der Waals surface area contributed by atoms with Crippen LogP contribution in [0.15, 0.2) is 47.5 Å². The molecule has 0 bridgehead atoms. The van der Waals surface area contributed by atoms with Crippen molar-refractivity contribution >= 4 is 40.1 Å². The Morgan fingerprint density at radius 3 is 2.12 bits per heavy atom. The topological polar surface area (TPSA) is 67.3 Å². The molecule has 8 heteroatoms. The molecule has 32 heavy (non-hydrogen) atoms. The van der Waals surface area contributed by atoms with Crippen LogP contribution in [-0.2, 0) is 9.59 Å². The number of rotatable bonds is 6. The number of aliphatic hydroxyl groups excluding tert-OH is 1. The molecular weight excluding hydrogens is 424 g/mol. The van der Waals surface area contributed by atoms with Crippen LogP contribution in [0.2, 0.25) is 0 Å². The molecule has 168 valence electrons. The molecule has 1 aromatic heterocycles. The van der Waals surface area contributed by atoms with Crippen LogP contribution in [0.4, 0.5) is 11.4 Å². The first-order valence-electron chi connectivity index (χ1n) is 11.3. The highest BCUT2D eigenvalue weighted by atomic mass is 32.1. The number of anilines is 2. The van der Waals surface area contributed by atoms with E-state index in [9.17, 15) is 14.7 Å². The van der Waals surface area contributed by atoms with Gasteiger partial charge in [-0.15, -0.1) is 11.3 Å². The molecule has 1 aromatic carbocycles. The second-order valence-electron chi connectivity index (χ2n) is 8.41. The molecule has 1 N–H and O–H groups in total. The molecule has 2 saturated heterocycles. The molecular formula is C24H28N4O3S. The molecule has 0 saturated carbocycles. The number of hydrogen-bond donors (Lipinski definition) is 1. The van der Waals surface area contributed by atoms with Crippen LogP contribution in [0.25, 0.3) is 5.57 Å². The average Bonchev–Trinajstić information content (AvgIpc) is 3.56. The summed E-state index contributed by atoms with van der Waals surface area (Å²) < 4.78 is 0. The molecule has 0 unspecified atom stereocenters. The molecule has 0 spiro atoms. The molecule has 2 amide bonds. The van der Waals surface area contributed by atoms with Gasteiger partial charge in [0.25, 0.3) is 11.8 Å². The van der Waals surface area contributed by atoms with Crippen molar-refractivity contribution in [1.82, 2.24) is 9.80 Å². The zero-order valence-electron chi connectivity index (χ0n) is 18.1. The number of β-amino-alcohol motifs (C(OH)–C–C–N with tert-alkyl or cyclic N) is 1. The maximum absolute atomic E-state index is 13.6. The Morgan fingerprint density at radius 2 is 1.50 bits per heavy atom. The van der Waals surface area contributed by atoms with Crippen LogP contribution in [0.5, 0.6) is 0 Å². The van der Waals surface area contributed by atoms with Crippen LogP contribution in [0, 0.1) is 0 Å². The number of carbonyl (C=O) groups excluding carboxylic acids is 2. The van der Waals surface area contributed by atoms with Crippen molar-refractivity contribution in [2.45, 2.75) is 12.8 Å². The van der Waals surface area contributed by atoms with E-state index in [-0.39, 0.29) is 18.4 Å². The lowest BCUT2D eigenvalue weighted by Gasteiger charge is -2.36. The maximum Gasteiger partial charge on any atom is 0.282 e. The van der Waals surface area contributed by atoms with Gasteiger partial charge in [-0.05, 0) is 48.6 Å². The first-order valence-corrected chi connectivity index (χ1v) is 12.2. The van der Waals surface area contributed by atoms with Gasteiger partial charge in [-0.3, -0.25) is 14.5 Å². The normalized spacial score (nSPS) is 20.2. The number of piperazine rings is 1. The Bertz CT molecular complexity index is 1000. The molecule has 7 nitrogen and oxygen atoms in total. The minimum atomic E-state index is -0.251. The molecule has 2 fully saturated rings. The number of nitrogens with zero attached hydrogens (tertiary/aromatic N) is 4. The third-order valence-electron chi connectivity index (χ3n) is 6.51. The lowest BCUT2D eigenvalue weighted by atomic mass is 10.1. The third-order valence-corrected chi connectivity index (χ3v) is 7.40. The molecule has 5 rings (SSSR count). The van der Waals surface area contributed by atoms with Gasteiger partial charge >= 0.3 is 0 Å². The monoisotopic (exact) mass is 452 g/mol. The van der Waals surface area contributed by atoms with Crippen LogP contribution in [0.3, 0.4) is 0 Å². The van der Waals surface area contributed by atoms with E-state index in [1.807, 2.05) is 46.7 Å². The van der Waals surface area contributed by atoms with E-state index in [0.29, 0.717) is 36.6 Å². The summed E-state index contributed by atoms with van der Waals surface area (Å²) in [4.78, 5) is 35.9. The number of amides is 2. The fourth-order valence-electron chi connectivity index (χ4n) is 4.81. The van der Waals surface area contributed by atoms with Gasteiger partial charge in [-0.25, -0.2) is 4.90 Å². The minimum absolute atomic E-state index is 0.127. The first kappa shape index (κ1) is 21.2. The quantitative estimate of drug-likeness (QED) is 0.678. The van der Waals surface area contributed by atoms with Crippen molar-refractivity contribution in [2.75, 3.05) is 62.2 Å². The summed E-state index contributed by atoms with van der Waals surface area (Å²) in [5.41, 5.74) is 2.76. The van der Waals surface area contributed by atoms with E-state index < -0.39 is 0 Å². The highest BCUT2D eigenvalue weighted by molar-refractivity contribution is 7.11. The number of benzene rings is 1. The lowest BCUT2D eigenvalue weighted by molar-refractivity contribution is -0.120. The summed E-state index contributed by atoms with van der Waals surface area (Å²) in [5, 5.41) is 11.2. The maximum atomic E-state index is 13.6. The second-order valence-corrected chi connectivity index (χ2v) is 9.36. The molecule has 0 atom stereocenters. The van der Waals surface area contributed by atoms with Crippen LogP contribution in [0.1, 0.15) is 17.7 Å². The van der Waals surface area contributed by atoms with E-state index in [0.717, 1.165) is 36.7 Å². The Morgan fingerprint density at radius 1 is 0.812 bits per heavy atom. The fraction of sp³-hybridized carbons (Fsp3) is 0.417. The zero-order chi connectivity index (χ0) is 22.1. The van der Waals surface area contributed by atoms with Crippen molar-refractivity contribution < 1.29 is 14.7 Å².